The third-order valence-corrected chi connectivity index (χ3v) is 12.8. The van der Waals surface area contributed by atoms with Gasteiger partial charge in [0.15, 0.2) is 0 Å². The maximum atomic E-state index is 13.7. The summed E-state index contributed by atoms with van der Waals surface area (Å²) in [7, 11) is -2.59. The number of aliphatic imine (C=N–C) groups is 1. The Morgan fingerprint density at radius 2 is 1.45 bits per heavy atom. The summed E-state index contributed by atoms with van der Waals surface area (Å²) in [6, 6.07) is 12.3. The molecule has 1 heterocycles. The van der Waals surface area contributed by atoms with Crippen LogP contribution >= 0.6 is 0 Å². The third-order valence-electron chi connectivity index (χ3n) is 11.2. The Morgan fingerprint density at radius 3 is 2.04 bits per heavy atom. The second kappa shape index (κ2) is 23.8. The van der Waals surface area contributed by atoms with Crippen molar-refractivity contribution >= 4 is 51.6 Å². The summed E-state index contributed by atoms with van der Waals surface area (Å²) in [6.45, 7) is 11.8. The summed E-state index contributed by atoms with van der Waals surface area (Å²) in [5.41, 5.74) is 9.43. The number of carboxylic acid groups (broad SMARTS) is 1. The van der Waals surface area contributed by atoms with E-state index in [1.54, 1.807) is 88.5 Å². The van der Waals surface area contributed by atoms with Gasteiger partial charge in [0.2, 0.25) is 29.6 Å². The van der Waals surface area contributed by atoms with Crippen LogP contribution in [0.4, 0.5) is 0 Å². The van der Waals surface area contributed by atoms with Crippen LogP contribution in [0.5, 0.6) is 5.75 Å². The lowest BCUT2D eigenvalue weighted by atomic mass is 9.94. The first-order chi connectivity index (χ1) is 31.5. The van der Waals surface area contributed by atoms with Gasteiger partial charge in [-0.25, -0.2) is 17.9 Å². The van der Waals surface area contributed by atoms with Gasteiger partial charge in [-0.1, -0.05) is 74.5 Å². The van der Waals surface area contributed by atoms with E-state index in [0.717, 1.165) is 5.56 Å². The number of rotatable bonds is 23. The molecular formula is C47H64N8O11S. The molecule has 0 bridgehead atoms. The zero-order valence-electron chi connectivity index (χ0n) is 39.3. The predicted molar refractivity (Wildman–Crippen MR) is 250 cm³/mol. The smallest absolute Gasteiger partial charge is 0.326 e. The zero-order valence-corrected chi connectivity index (χ0v) is 40.1. The fourth-order valence-electron chi connectivity index (χ4n) is 7.69. The van der Waals surface area contributed by atoms with Gasteiger partial charge in [-0.05, 0) is 88.2 Å². The fraction of sp³-hybridized carbons (Fsp3) is 0.468. The van der Waals surface area contributed by atoms with Gasteiger partial charge < -0.3 is 46.9 Å². The second-order valence-corrected chi connectivity index (χ2v) is 19.0. The Morgan fingerprint density at radius 1 is 0.836 bits per heavy atom. The van der Waals surface area contributed by atoms with Crippen molar-refractivity contribution < 1.29 is 51.8 Å². The lowest BCUT2D eigenvalue weighted by Crippen LogP contribution is -2.56. The van der Waals surface area contributed by atoms with Crippen LogP contribution in [0.15, 0.2) is 70.6 Å². The van der Waals surface area contributed by atoms with E-state index in [9.17, 15) is 42.3 Å². The van der Waals surface area contributed by atoms with E-state index in [4.69, 9.17) is 15.2 Å². The van der Waals surface area contributed by atoms with Gasteiger partial charge in [-0.15, -0.1) is 0 Å². The van der Waals surface area contributed by atoms with Crippen LogP contribution in [-0.2, 0) is 63.0 Å². The van der Waals surface area contributed by atoms with Gasteiger partial charge in [0.1, 0.15) is 36.1 Å². The number of guanidine groups is 1. The molecule has 4 rings (SSSR count). The Balaban J connectivity index is 1.44. The first-order valence-corrected chi connectivity index (χ1v) is 23.5. The van der Waals surface area contributed by atoms with Crippen LogP contribution in [0, 0.1) is 26.7 Å². The number of nitrogens with two attached hydrogens (primary N) is 1. The van der Waals surface area contributed by atoms with Crippen molar-refractivity contribution in [2.24, 2.45) is 16.6 Å². The lowest BCUT2D eigenvalue weighted by Gasteiger charge is -2.24. The predicted octanol–water partition coefficient (Wildman–Crippen LogP) is 1.97. The standard InChI is InChI=1S/C47H64N8O11S/c1-27(2)39(49-8)44(60)53-34(20-15-21-50-46(48)55-67(63,64)41-29(4)28(3)40-33(30(41)5)24-47(6,7)66-40)42(58)51-25-37(56)52-35(23-38(57)65-26-32-18-13-10-14-19-32)43(59)54-36(45(61)62)22-31-16-11-9-12-17-31/h9-14,16-19,27,34-36,39,49H,15,20-26H2,1-8H3,(H,51,58)(H,52,56)(H,53,60)(H,54,59)(H,61,62)(H3,48,50,55)/t34-,35-,36+,39-/m0/s1. The van der Waals surface area contributed by atoms with E-state index in [1.807, 2.05) is 27.7 Å². The van der Waals surface area contributed by atoms with Crippen molar-refractivity contribution in [2.75, 3.05) is 20.1 Å². The highest BCUT2D eigenvalue weighted by Crippen LogP contribution is 2.43. The van der Waals surface area contributed by atoms with Crippen LogP contribution < -0.4 is 41.8 Å². The molecule has 9 N–H and O–H groups in total. The summed E-state index contributed by atoms with van der Waals surface area (Å²) >= 11 is 0. The molecule has 0 fully saturated rings. The van der Waals surface area contributed by atoms with Crippen molar-refractivity contribution in [1.82, 2.24) is 31.3 Å². The van der Waals surface area contributed by atoms with Gasteiger partial charge in [0, 0.05) is 24.9 Å². The van der Waals surface area contributed by atoms with Crippen LogP contribution in [0.3, 0.4) is 0 Å². The second-order valence-electron chi connectivity index (χ2n) is 17.4. The number of hydrogen-bond donors (Lipinski definition) is 8. The van der Waals surface area contributed by atoms with Crippen molar-refractivity contribution in [3.8, 4) is 5.75 Å². The van der Waals surface area contributed by atoms with E-state index in [-0.39, 0.29) is 49.2 Å². The van der Waals surface area contributed by atoms with E-state index in [1.165, 1.54) is 0 Å². The molecule has 0 aliphatic carbocycles. The number of ether oxygens (including phenoxy) is 2. The van der Waals surface area contributed by atoms with E-state index >= 15 is 0 Å². The number of fused-ring (bicyclic) bond motifs is 1. The van der Waals surface area contributed by atoms with E-state index in [2.05, 4.69) is 36.3 Å². The number of aliphatic carboxylic acids is 1. The highest BCUT2D eigenvalue weighted by molar-refractivity contribution is 7.90. The number of nitrogens with zero attached hydrogens (tertiary/aromatic N) is 1. The highest BCUT2D eigenvalue weighted by atomic mass is 32.2. The van der Waals surface area contributed by atoms with Gasteiger partial charge in [-0.2, -0.15) is 0 Å². The first kappa shape index (κ1) is 53.1. The zero-order chi connectivity index (χ0) is 49.6. The van der Waals surface area contributed by atoms with Gasteiger partial charge in [0.05, 0.1) is 23.9 Å². The minimum atomic E-state index is -4.18. The number of carboxylic acids is 1. The number of benzene rings is 3. The van der Waals surface area contributed by atoms with Crippen molar-refractivity contribution in [3.63, 3.8) is 0 Å². The summed E-state index contributed by atoms with van der Waals surface area (Å²) in [5.74, 6) is -5.27. The molecule has 0 radical (unpaired) electrons. The molecule has 0 unspecified atom stereocenters. The first-order valence-electron chi connectivity index (χ1n) is 22.0. The molecule has 1 aliphatic rings. The van der Waals surface area contributed by atoms with E-state index in [0.29, 0.717) is 40.0 Å². The Bertz CT molecular complexity index is 2410. The molecule has 0 spiro atoms. The summed E-state index contributed by atoms with van der Waals surface area (Å²) in [6.07, 6.45) is -0.132. The number of hydrogen-bond acceptors (Lipinski definition) is 12. The number of amides is 4. The van der Waals surface area contributed by atoms with Crippen LogP contribution in [0.2, 0.25) is 0 Å². The normalized spacial score (nSPS) is 14.9. The molecule has 4 atom stereocenters. The monoisotopic (exact) mass is 948 g/mol. The molecule has 364 valence electrons. The summed E-state index contributed by atoms with van der Waals surface area (Å²) in [5, 5.41) is 22.8. The van der Waals surface area contributed by atoms with Crippen molar-refractivity contribution in [3.05, 3.63) is 94.0 Å². The SMILES string of the molecule is CN[C@H](C(=O)N[C@@H](CCCN=C(N)NS(=O)(=O)c1c(C)c(C)c2c(c1C)CC(C)(C)O2)C(=O)NCC(=O)N[C@@H](CC(=O)OCc1ccccc1)C(=O)N[C@H](Cc1ccccc1)C(=O)O)C(C)C. The third kappa shape index (κ3) is 15.3. The van der Waals surface area contributed by atoms with Crippen LogP contribution in [0.25, 0.3) is 0 Å². The average molecular weight is 949 g/mol. The van der Waals surface area contributed by atoms with Crippen molar-refractivity contribution in [1.29, 1.82) is 0 Å². The van der Waals surface area contributed by atoms with Crippen LogP contribution in [0.1, 0.15) is 80.3 Å². The minimum Gasteiger partial charge on any atom is -0.487 e. The molecule has 0 aromatic heterocycles. The number of nitrogens with one attached hydrogen (secondary N) is 6. The molecule has 3 aromatic carbocycles. The summed E-state index contributed by atoms with van der Waals surface area (Å²) < 4.78 is 41.2. The Kier molecular flexibility index (Phi) is 18.8. The number of carbonyl (C=O) groups is 6. The number of sulfonamides is 1. The number of esters is 1. The van der Waals surface area contributed by atoms with Crippen molar-refractivity contribution in [2.45, 2.75) is 122 Å². The Labute approximate surface area is 391 Å². The van der Waals surface area contributed by atoms with Crippen LogP contribution in [-0.4, -0.2) is 105 Å². The Hall–Kier alpha value is -6.54. The fourth-order valence-corrected chi connectivity index (χ4v) is 9.22. The molecule has 3 aromatic rings. The van der Waals surface area contributed by atoms with Gasteiger partial charge in [0.25, 0.3) is 10.0 Å². The molecule has 1 aliphatic heterocycles. The van der Waals surface area contributed by atoms with Gasteiger partial charge >= 0.3 is 11.9 Å². The van der Waals surface area contributed by atoms with Gasteiger partial charge in [-0.3, -0.25) is 29.0 Å². The quantitative estimate of drug-likeness (QED) is 0.0293. The summed E-state index contributed by atoms with van der Waals surface area (Å²) in [4.78, 5) is 83.3. The van der Waals surface area contributed by atoms with E-state index < -0.39 is 88.3 Å². The highest BCUT2D eigenvalue weighted by Gasteiger charge is 2.37. The number of carbonyl (C=O) groups excluding carboxylic acids is 5. The number of likely N-dealkylation sites (N-methyl/N-ethyl adjacent to an activating group) is 1. The molecule has 20 heteroatoms. The molecule has 67 heavy (non-hydrogen) atoms. The molecule has 0 saturated carbocycles. The molecular weight excluding hydrogens is 885 g/mol. The minimum absolute atomic E-state index is 0.0223. The molecule has 0 saturated heterocycles. The topological polar surface area (TPSA) is 286 Å². The lowest BCUT2D eigenvalue weighted by molar-refractivity contribution is -0.148. The average Bonchev–Trinajstić information content (AvgIpc) is 3.60. The largest absolute Gasteiger partial charge is 0.487 e. The molecule has 4 amide bonds. The maximum Gasteiger partial charge on any atom is 0.326 e. The maximum absolute atomic E-state index is 13.7. The molecule has 19 nitrogen and oxygen atoms in total.